The first-order chi connectivity index (χ1) is 6.16. The zero-order valence-corrected chi connectivity index (χ0v) is 9.14. The molecule has 0 spiro atoms. The van der Waals surface area contributed by atoms with Crippen molar-refractivity contribution < 1.29 is 8.78 Å². The van der Waals surface area contributed by atoms with Crippen LogP contribution in [0.25, 0.3) is 0 Å². The lowest BCUT2D eigenvalue weighted by atomic mass is 10.1. The van der Waals surface area contributed by atoms with Crippen LogP contribution in [0.1, 0.15) is 12.0 Å². The molecule has 1 rings (SSSR count). The van der Waals surface area contributed by atoms with Gasteiger partial charge in [0.1, 0.15) is 0 Å². The third kappa shape index (κ3) is 2.60. The summed E-state index contributed by atoms with van der Waals surface area (Å²) in [5.74, 6) is -1.49. The van der Waals surface area contributed by atoms with E-state index in [2.05, 4.69) is 0 Å². The van der Waals surface area contributed by atoms with Crippen LogP contribution in [-0.4, -0.2) is 6.54 Å². The van der Waals surface area contributed by atoms with Crippen molar-refractivity contribution in [3.63, 3.8) is 0 Å². The second-order valence-electron chi connectivity index (χ2n) is 2.73. The Kier molecular flexibility index (Phi) is 4.05. The Bertz CT molecular complexity index is 302. The second kappa shape index (κ2) is 4.85. The maximum absolute atomic E-state index is 13.2. The highest BCUT2D eigenvalue weighted by atomic mass is 127. The first-order valence-electron chi connectivity index (χ1n) is 3.99. The number of rotatable bonds is 3. The smallest absolute Gasteiger partial charge is 0.172 e. The summed E-state index contributed by atoms with van der Waals surface area (Å²) in [6, 6.07) is 3.18. The quantitative estimate of drug-likeness (QED) is 0.673. The van der Waals surface area contributed by atoms with Crippen molar-refractivity contribution in [3.05, 3.63) is 32.9 Å². The lowest BCUT2D eigenvalue weighted by Crippen LogP contribution is -2.03. The molecule has 0 aliphatic rings. The largest absolute Gasteiger partial charge is 0.330 e. The van der Waals surface area contributed by atoms with Gasteiger partial charge in [-0.15, -0.1) is 0 Å². The van der Waals surface area contributed by atoms with E-state index in [9.17, 15) is 8.78 Å². The van der Waals surface area contributed by atoms with Gasteiger partial charge < -0.3 is 5.73 Å². The second-order valence-corrected chi connectivity index (χ2v) is 3.89. The van der Waals surface area contributed by atoms with E-state index < -0.39 is 11.6 Å². The Hall–Kier alpha value is -0.230. The van der Waals surface area contributed by atoms with Gasteiger partial charge in [0.25, 0.3) is 0 Å². The van der Waals surface area contributed by atoms with Gasteiger partial charge in [0.05, 0.1) is 3.57 Å². The lowest BCUT2D eigenvalue weighted by Gasteiger charge is -2.03. The maximum Gasteiger partial charge on any atom is 0.172 e. The van der Waals surface area contributed by atoms with Crippen LogP contribution in [0.4, 0.5) is 8.78 Å². The highest BCUT2D eigenvalue weighted by molar-refractivity contribution is 14.1. The standard InChI is InChI=1S/C9H10F2IN/c10-8-6(2-1-5-13)3-4-7(12)9(8)11/h3-4H,1-2,5,13H2. The average molecular weight is 297 g/mol. The summed E-state index contributed by atoms with van der Waals surface area (Å²) in [5, 5.41) is 0. The molecule has 0 fully saturated rings. The van der Waals surface area contributed by atoms with Crippen LogP contribution in [-0.2, 0) is 6.42 Å². The number of benzene rings is 1. The predicted molar refractivity (Wildman–Crippen MR) is 56.5 cm³/mol. The van der Waals surface area contributed by atoms with Crippen LogP contribution >= 0.6 is 22.6 Å². The Morgan fingerprint density at radius 3 is 2.54 bits per heavy atom. The van der Waals surface area contributed by atoms with Gasteiger partial charge in [0, 0.05) is 0 Å². The topological polar surface area (TPSA) is 26.0 Å². The summed E-state index contributed by atoms with van der Waals surface area (Å²) < 4.78 is 26.5. The molecule has 1 aromatic carbocycles. The molecule has 0 aromatic heterocycles. The highest BCUT2D eigenvalue weighted by Crippen LogP contribution is 2.18. The molecule has 0 aliphatic carbocycles. The van der Waals surface area contributed by atoms with Gasteiger partial charge in [-0.1, -0.05) is 6.07 Å². The van der Waals surface area contributed by atoms with E-state index in [0.29, 0.717) is 28.5 Å². The van der Waals surface area contributed by atoms with Crippen LogP contribution in [0.3, 0.4) is 0 Å². The van der Waals surface area contributed by atoms with E-state index in [1.807, 2.05) is 0 Å². The number of hydrogen-bond acceptors (Lipinski definition) is 1. The molecule has 72 valence electrons. The minimum absolute atomic E-state index is 0.312. The summed E-state index contributed by atoms with van der Waals surface area (Å²) in [6.07, 6.45) is 1.17. The van der Waals surface area contributed by atoms with Crippen molar-refractivity contribution in [3.8, 4) is 0 Å². The van der Waals surface area contributed by atoms with E-state index in [1.165, 1.54) is 0 Å². The maximum atomic E-state index is 13.2. The number of aryl methyl sites for hydroxylation is 1. The first-order valence-corrected chi connectivity index (χ1v) is 5.07. The van der Waals surface area contributed by atoms with Gasteiger partial charge in [-0.05, 0) is 53.6 Å². The molecule has 4 heteroatoms. The SMILES string of the molecule is NCCCc1ccc(I)c(F)c1F. The third-order valence-electron chi connectivity index (χ3n) is 1.77. The summed E-state index contributed by atoms with van der Waals surface area (Å²) >= 11 is 1.76. The summed E-state index contributed by atoms with van der Waals surface area (Å²) in [4.78, 5) is 0. The fourth-order valence-electron chi connectivity index (χ4n) is 1.05. The fraction of sp³-hybridized carbons (Fsp3) is 0.333. The molecule has 0 bridgehead atoms. The lowest BCUT2D eigenvalue weighted by molar-refractivity contribution is 0.492. The van der Waals surface area contributed by atoms with Gasteiger partial charge in [-0.2, -0.15) is 0 Å². The summed E-state index contributed by atoms with van der Waals surface area (Å²) in [7, 11) is 0. The van der Waals surface area contributed by atoms with Crippen LogP contribution in [0.15, 0.2) is 12.1 Å². The zero-order chi connectivity index (χ0) is 9.84. The van der Waals surface area contributed by atoms with Crippen molar-refractivity contribution in [1.29, 1.82) is 0 Å². The summed E-state index contributed by atoms with van der Waals surface area (Å²) in [6.45, 7) is 0.493. The molecule has 0 unspecified atom stereocenters. The fourth-order valence-corrected chi connectivity index (χ4v) is 1.47. The molecule has 2 N–H and O–H groups in total. The van der Waals surface area contributed by atoms with Gasteiger partial charge in [0.2, 0.25) is 0 Å². The van der Waals surface area contributed by atoms with E-state index in [1.54, 1.807) is 34.7 Å². The minimum Gasteiger partial charge on any atom is -0.330 e. The Morgan fingerprint density at radius 1 is 1.23 bits per heavy atom. The van der Waals surface area contributed by atoms with Crippen molar-refractivity contribution >= 4 is 22.6 Å². The third-order valence-corrected chi connectivity index (χ3v) is 2.60. The summed E-state index contributed by atoms with van der Waals surface area (Å²) in [5.41, 5.74) is 5.68. The Balaban J connectivity index is 2.90. The molecule has 0 atom stereocenters. The molecule has 0 heterocycles. The zero-order valence-electron chi connectivity index (χ0n) is 6.99. The normalized spacial score (nSPS) is 10.5. The molecular weight excluding hydrogens is 287 g/mol. The highest BCUT2D eigenvalue weighted by Gasteiger charge is 2.10. The Morgan fingerprint density at radius 2 is 1.92 bits per heavy atom. The van der Waals surface area contributed by atoms with Crippen LogP contribution in [0.2, 0.25) is 0 Å². The first kappa shape index (κ1) is 10.8. The predicted octanol–water partition coefficient (Wildman–Crippen LogP) is 2.46. The molecule has 0 radical (unpaired) electrons. The van der Waals surface area contributed by atoms with Gasteiger partial charge in [0.15, 0.2) is 11.6 Å². The molecule has 1 aromatic rings. The minimum atomic E-state index is -0.755. The molecule has 0 saturated carbocycles. The van der Waals surface area contributed by atoms with Crippen molar-refractivity contribution in [2.24, 2.45) is 5.73 Å². The molecule has 0 amide bonds. The number of hydrogen-bond donors (Lipinski definition) is 1. The molecule has 13 heavy (non-hydrogen) atoms. The van der Waals surface area contributed by atoms with Gasteiger partial charge in [-0.25, -0.2) is 8.78 Å². The van der Waals surface area contributed by atoms with Crippen molar-refractivity contribution in [2.45, 2.75) is 12.8 Å². The van der Waals surface area contributed by atoms with Crippen LogP contribution < -0.4 is 5.73 Å². The van der Waals surface area contributed by atoms with Crippen LogP contribution in [0, 0.1) is 15.2 Å². The molecule has 1 nitrogen and oxygen atoms in total. The Labute approximate surface area is 89.5 Å². The number of halogens is 3. The van der Waals surface area contributed by atoms with Crippen LogP contribution in [0.5, 0.6) is 0 Å². The monoisotopic (exact) mass is 297 g/mol. The van der Waals surface area contributed by atoms with Crippen molar-refractivity contribution in [2.75, 3.05) is 6.54 Å². The molecular formula is C9H10F2IN. The van der Waals surface area contributed by atoms with E-state index >= 15 is 0 Å². The van der Waals surface area contributed by atoms with E-state index in [0.717, 1.165) is 0 Å². The molecule has 0 aliphatic heterocycles. The molecule has 0 saturated heterocycles. The van der Waals surface area contributed by atoms with E-state index in [4.69, 9.17) is 5.73 Å². The van der Waals surface area contributed by atoms with Crippen molar-refractivity contribution in [1.82, 2.24) is 0 Å². The number of nitrogens with two attached hydrogens (primary N) is 1. The van der Waals surface area contributed by atoms with E-state index in [-0.39, 0.29) is 0 Å². The average Bonchev–Trinajstić information content (AvgIpc) is 2.13. The van der Waals surface area contributed by atoms with Gasteiger partial charge in [-0.3, -0.25) is 0 Å². The van der Waals surface area contributed by atoms with Gasteiger partial charge >= 0.3 is 0 Å².